The van der Waals surface area contributed by atoms with Crippen molar-refractivity contribution in [1.29, 1.82) is 0 Å². The molecule has 1 heteroatoms. The van der Waals surface area contributed by atoms with Crippen molar-refractivity contribution in [2.24, 2.45) is 0 Å². The molecule has 0 aliphatic carbocycles. The van der Waals surface area contributed by atoms with Gasteiger partial charge in [0.1, 0.15) is 0 Å². The number of rotatable bonds is 2. The van der Waals surface area contributed by atoms with Gasteiger partial charge in [0.2, 0.25) is 0 Å². The van der Waals surface area contributed by atoms with E-state index in [-0.39, 0.29) is 0 Å². The van der Waals surface area contributed by atoms with E-state index < -0.39 is 0 Å². The van der Waals surface area contributed by atoms with E-state index >= 15 is 0 Å². The highest BCUT2D eigenvalue weighted by Gasteiger charge is 1.79. The van der Waals surface area contributed by atoms with Gasteiger partial charge in [-0.2, -0.15) is 0 Å². The summed E-state index contributed by atoms with van der Waals surface area (Å²) in [6.07, 6.45) is 4.99. The molecule has 0 radical (unpaired) electrons. The average molecular weight is 96.2 g/mol. The molecule has 0 aliphatic rings. The van der Waals surface area contributed by atoms with E-state index in [4.69, 9.17) is 6.57 Å². The SMILES string of the molecule is C#[N+]CC/C=C\C. The van der Waals surface area contributed by atoms with Crippen LogP contribution in [0.1, 0.15) is 13.3 Å². The van der Waals surface area contributed by atoms with Crippen molar-refractivity contribution in [2.75, 3.05) is 6.54 Å². The first-order chi connectivity index (χ1) is 3.41. The number of nitrogens with zero attached hydrogens (tertiary/aromatic N) is 1. The minimum absolute atomic E-state index is 0.740. The summed E-state index contributed by atoms with van der Waals surface area (Å²) in [5.41, 5.74) is 0. The van der Waals surface area contributed by atoms with Crippen LogP contribution in [0.5, 0.6) is 0 Å². The molecule has 0 unspecified atom stereocenters. The third-order valence-corrected chi connectivity index (χ3v) is 0.661. The van der Waals surface area contributed by atoms with Crippen LogP contribution < -0.4 is 0 Å². The summed E-state index contributed by atoms with van der Waals surface area (Å²) in [6, 6.07) is 0. The molecule has 0 fully saturated rings. The van der Waals surface area contributed by atoms with Crippen LogP contribution in [0.15, 0.2) is 12.2 Å². The van der Waals surface area contributed by atoms with Crippen LogP contribution in [0, 0.1) is 6.57 Å². The maximum absolute atomic E-state index is 4.86. The van der Waals surface area contributed by atoms with Gasteiger partial charge in [-0.15, -0.1) is 0 Å². The molecule has 38 valence electrons. The molecular weight excluding hydrogens is 86.1 g/mol. The molecular formula is C6H10N+. The Balaban J connectivity index is 2.87. The van der Waals surface area contributed by atoms with Crippen molar-refractivity contribution in [2.45, 2.75) is 13.3 Å². The molecule has 0 heterocycles. The summed E-state index contributed by atoms with van der Waals surface area (Å²) in [5.74, 6) is 0. The fraction of sp³-hybridized carbons (Fsp3) is 0.500. The van der Waals surface area contributed by atoms with Crippen LogP contribution in [-0.4, -0.2) is 6.54 Å². The van der Waals surface area contributed by atoms with E-state index in [1.807, 2.05) is 19.1 Å². The first-order valence-electron chi connectivity index (χ1n) is 2.39. The number of hydrogen-bond acceptors (Lipinski definition) is 0. The highest BCUT2D eigenvalue weighted by atomic mass is 14.6. The fourth-order valence-electron chi connectivity index (χ4n) is 0.316. The van der Waals surface area contributed by atoms with Gasteiger partial charge < -0.3 is 0 Å². The minimum Gasteiger partial charge on any atom is -0.0914 e. The molecule has 0 atom stereocenters. The van der Waals surface area contributed by atoms with Gasteiger partial charge in [0.25, 0.3) is 13.1 Å². The van der Waals surface area contributed by atoms with Crippen LogP contribution in [0.2, 0.25) is 0 Å². The van der Waals surface area contributed by atoms with E-state index in [0.29, 0.717) is 0 Å². The Morgan fingerprint density at radius 2 is 2.43 bits per heavy atom. The molecule has 0 amide bonds. The lowest BCUT2D eigenvalue weighted by Crippen LogP contribution is -1.67. The van der Waals surface area contributed by atoms with E-state index in [2.05, 4.69) is 4.85 Å². The predicted molar refractivity (Wildman–Crippen MR) is 32.6 cm³/mol. The highest BCUT2D eigenvalue weighted by Crippen LogP contribution is 1.80. The number of hydrogen-bond donors (Lipinski definition) is 0. The lowest BCUT2D eigenvalue weighted by Gasteiger charge is -1.68. The molecule has 0 spiro atoms. The molecule has 0 aromatic carbocycles. The van der Waals surface area contributed by atoms with Crippen LogP contribution in [0.4, 0.5) is 0 Å². The second-order valence-corrected chi connectivity index (χ2v) is 1.26. The zero-order chi connectivity index (χ0) is 5.54. The molecule has 1 nitrogen and oxygen atoms in total. The van der Waals surface area contributed by atoms with E-state index in [0.717, 1.165) is 13.0 Å². The second kappa shape index (κ2) is 5.23. The zero-order valence-corrected chi connectivity index (χ0v) is 4.59. The Kier molecular flexibility index (Phi) is 4.65. The van der Waals surface area contributed by atoms with Crippen LogP contribution >= 0.6 is 0 Å². The van der Waals surface area contributed by atoms with E-state index in [9.17, 15) is 0 Å². The minimum atomic E-state index is 0.740. The molecule has 0 rings (SSSR count). The monoisotopic (exact) mass is 96.1 g/mol. The molecule has 0 N–H and O–H groups in total. The quantitative estimate of drug-likeness (QED) is 0.365. The van der Waals surface area contributed by atoms with E-state index in [1.54, 1.807) is 0 Å². The summed E-state index contributed by atoms with van der Waals surface area (Å²) in [5, 5.41) is 0. The Morgan fingerprint density at radius 3 is 2.86 bits per heavy atom. The molecule has 0 saturated heterocycles. The van der Waals surface area contributed by atoms with Gasteiger partial charge in [0.05, 0.1) is 0 Å². The van der Waals surface area contributed by atoms with Gasteiger partial charge in [-0.05, 0) is 6.92 Å². The highest BCUT2D eigenvalue weighted by molar-refractivity contribution is 4.81. The molecule has 0 saturated carbocycles. The molecule has 0 aliphatic heterocycles. The van der Waals surface area contributed by atoms with Gasteiger partial charge in [-0.25, -0.2) is 0 Å². The standard InChI is InChI=1S/C6H10N/c1-3-4-5-6-7-2/h2-4H,5-6H2,1H3/q+1/b4-3-. The Labute approximate surface area is 44.5 Å². The van der Waals surface area contributed by atoms with Crippen molar-refractivity contribution in [1.82, 2.24) is 0 Å². The lowest BCUT2D eigenvalue weighted by molar-refractivity contribution is 1.14. The zero-order valence-electron chi connectivity index (χ0n) is 4.59. The maximum atomic E-state index is 4.86. The van der Waals surface area contributed by atoms with Crippen LogP contribution in [0.3, 0.4) is 0 Å². The average Bonchev–Trinajstić information content (AvgIpc) is 1.69. The Hall–Kier alpha value is -0.770. The lowest BCUT2D eigenvalue weighted by atomic mass is 10.4. The molecule has 0 bridgehead atoms. The van der Waals surface area contributed by atoms with Crippen molar-refractivity contribution in [3.05, 3.63) is 17.0 Å². The summed E-state index contributed by atoms with van der Waals surface area (Å²) < 4.78 is 0. The Bertz CT molecular complexity index is 86.8. The van der Waals surface area contributed by atoms with Crippen LogP contribution in [-0.2, 0) is 0 Å². The number of allylic oxidation sites excluding steroid dienone is 1. The normalized spacial score (nSPS) is 9.14. The van der Waals surface area contributed by atoms with Crippen molar-refractivity contribution >= 4 is 0 Å². The summed E-state index contributed by atoms with van der Waals surface area (Å²) in [4.78, 5) is 3.42. The second-order valence-electron chi connectivity index (χ2n) is 1.26. The third kappa shape index (κ3) is 5.23. The van der Waals surface area contributed by atoms with Crippen molar-refractivity contribution in [3.8, 4) is 6.57 Å². The maximum Gasteiger partial charge on any atom is 0.266 e. The van der Waals surface area contributed by atoms with Gasteiger partial charge in [0, 0.05) is 6.42 Å². The fourth-order valence-corrected chi connectivity index (χ4v) is 0.316. The molecule has 7 heavy (non-hydrogen) atoms. The summed E-state index contributed by atoms with van der Waals surface area (Å²) >= 11 is 0. The summed E-state index contributed by atoms with van der Waals surface area (Å²) in [7, 11) is 0. The van der Waals surface area contributed by atoms with Gasteiger partial charge in [0.15, 0.2) is 0 Å². The van der Waals surface area contributed by atoms with Crippen molar-refractivity contribution in [3.63, 3.8) is 0 Å². The third-order valence-electron chi connectivity index (χ3n) is 0.661. The molecule has 0 aromatic heterocycles. The van der Waals surface area contributed by atoms with Crippen LogP contribution in [0.25, 0.3) is 4.85 Å². The predicted octanol–water partition coefficient (Wildman–Crippen LogP) is 1.92. The Morgan fingerprint density at radius 1 is 1.71 bits per heavy atom. The van der Waals surface area contributed by atoms with Gasteiger partial charge in [-0.3, -0.25) is 0 Å². The molecule has 0 aromatic rings. The first-order valence-corrected chi connectivity index (χ1v) is 2.39. The van der Waals surface area contributed by atoms with Gasteiger partial charge >= 0.3 is 0 Å². The first kappa shape index (κ1) is 6.23. The van der Waals surface area contributed by atoms with E-state index in [1.165, 1.54) is 0 Å². The van der Waals surface area contributed by atoms with Gasteiger partial charge in [-0.1, -0.05) is 17.0 Å². The van der Waals surface area contributed by atoms with Crippen molar-refractivity contribution < 1.29 is 0 Å². The topological polar surface area (TPSA) is 4.36 Å². The smallest absolute Gasteiger partial charge is 0.0914 e. The largest absolute Gasteiger partial charge is 0.266 e. The summed E-state index contributed by atoms with van der Waals surface area (Å²) in [6.45, 7) is 7.58.